The summed E-state index contributed by atoms with van der Waals surface area (Å²) >= 11 is 3.56. The molecule has 2 unspecified atom stereocenters. The maximum atomic E-state index is 6.72. The van der Waals surface area contributed by atoms with Gasteiger partial charge in [0.15, 0.2) is 6.29 Å². The van der Waals surface area contributed by atoms with Gasteiger partial charge in [0, 0.05) is 35.3 Å². The molecule has 0 aromatic rings. The highest BCUT2D eigenvalue weighted by Gasteiger charge is 2.21. The van der Waals surface area contributed by atoms with Gasteiger partial charge in [0.25, 0.3) is 0 Å². The Morgan fingerprint density at radius 2 is 0.902 bits per heavy atom. The summed E-state index contributed by atoms with van der Waals surface area (Å²) in [6.07, 6.45) is 48.6. The van der Waals surface area contributed by atoms with Crippen molar-refractivity contribution in [3.63, 3.8) is 0 Å². The summed E-state index contributed by atoms with van der Waals surface area (Å²) < 4.78 is 19.8. The first kappa shape index (κ1) is 52.4. The number of rotatable bonds is 44. The van der Waals surface area contributed by atoms with E-state index in [2.05, 4.69) is 70.8 Å². The summed E-state index contributed by atoms with van der Waals surface area (Å²) in [6.45, 7) is 8.51. The summed E-state index contributed by atoms with van der Waals surface area (Å²) in [7, 11) is 2.60. The van der Waals surface area contributed by atoms with E-state index in [4.69, 9.17) is 13.1 Å². The average Bonchev–Trinajstić information content (AvgIpc) is 3.12. The van der Waals surface area contributed by atoms with Crippen LogP contribution in [0.25, 0.3) is 0 Å². The van der Waals surface area contributed by atoms with E-state index in [9.17, 15) is 0 Å². The first-order chi connectivity index (χ1) is 25.0. The van der Waals surface area contributed by atoms with Gasteiger partial charge in [-0.3, -0.25) is 8.37 Å². The fourth-order valence-electron chi connectivity index (χ4n) is 6.55. The average molecular weight is 844 g/mol. The molecule has 0 amide bonds. The Labute approximate surface area is 340 Å². The predicted octanol–water partition coefficient (Wildman–Crippen LogP) is 17.3. The summed E-state index contributed by atoms with van der Waals surface area (Å²) in [6, 6.07) is 0. The number of halogens is 1. The lowest BCUT2D eigenvalue weighted by Gasteiger charge is -2.38. The van der Waals surface area contributed by atoms with Crippen molar-refractivity contribution in [3.05, 3.63) is 0 Å². The van der Waals surface area contributed by atoms with Crippen LogP contribution >= 0.6 is 48.1 Å². The fraction of sp³-hybridized carbons (Fsp3) is 1.00. The van der Waals surface area contributed by atoms with Crippen LogP contribution in [0.15, 0.2) is 0 Å². The van der Waals surface area contributed by atoms with Gasteiger partial charge >= 0.3 is 0 Å². The number of hydrogen-bond acceptors (Lipinski definition) is 5. The van der Waals surface area contributed by atoms with E-state index in [1.165, 1.54) is 205 Å². The van der Waals surface area contributed by atoms with Crippen molar-refractivity contribution >= 4 is 48.1 Å². The van der Waals surface area contributed by atoms with Crippen LogP contribution in [0.3, 0.4) is 0 Å². The number of alkyl halides is 1. The molecule has 0 saturated heterocycles. The highest BCUT2D eigenvalue weighted by molar-refractivity contribution is 9.09. The minimum atomic E-state index is -1.60. The molecule has 51 heavy (non-hydrogen) atoms. The SMILES string of the molecule is CCCCCCCCCCCCCCCC(OCC(CCCCCCCC)SSCCCCCCCCCC)OS(C)(C)OCCCCCCBr. The zero-order valence-electron chi connectivity index (χ0n) is 35.1. The van der Waals surface area contributed by atoms with Crippen LogP contribution in [-0.2, 0) is 13.1 Å². The van der Waals surface area contributed by atoms with Crippen molar-refractivity contribution in [2.24, 2.45) is 0 Å². The molecule has 0 rings (SSSR count). The van der Waals surface area contributed by atoms with Gasteiger partial charge in [0.2, 0.25) is 0 Å². The lowest BCUT2D eigenvalue weighted by molar-refractivity contribution is -0.0830. The minimum absolute atomic E-state index is 0.151. The third-order valence-corrected chi connectivity index (χ3v) is 14.8. The van der Waals surface area contributed by atoms with Crippen LogP contribution in [-0.4, -0.2) is 48.3 Å². The lowest BCUT2D eigenvalue weighted by Crippen LogP contribution is -2.24. The van der Waals surface area contributed by atoms with Gasteiger partial charge in [-0.25, -0.2) is 0 Å². The van der Waals surface area contributed by atoms with E-state index >= 15 is 0 Å². The van der Waals surface area contributed by atoms with Crippen LogP contribution in [0.5, 0.6) is 0 Å². The van der Waals surface area contributed by atoms with Crippen molar-refractivity contribution in [2.45, 2.75) is 244 Å². The normalized spacial score (nSPS) is 13.6. The number of ether oxygens (including phenoxy) is 1. The topological polar surface area (TPSA) is 27.7 Å². The van der Waals surface area contributed by atoms with Gasteiger partial charge in [0.1, 0.15) is 0 Å². The molecule has 0 aliphatic rings. The predicted molar refractivity (Wildman–Crippen MR) is 243 cm³/mol. The largest absolute Gasteiger partial charge is 0.349 e. The van der Waals surface area contributed by atoms with E-state index in [-0.39, 0.29) is 6.29 Å². The van der Waals surface area contributed by atoms with Crippen molar-refractivity contribution in [1.29, 1.82) is 0 Å². The monoisotopic (exact) mass is 843 g/mol. The molecule has 0 aromatic heterocycles. The van der Waals surface area contributed by atoms with E-state index < -0.39 is 10.6 Å². The third kappa shape index (κ3) is 40.9. The molecule has 3 nitrogen and oxygen atoms in total. The smallest absolute Gasteiger partial charge is 0.180 e. The first-order valence-corrected chi connectivity index (χ1v) is 28.3. The van der Waals surface area contributed by atoms with E-state index in [0.29, 0.717) is 5.25 Å². The maximum absolute atomic E-state index is 6.72. The van der Waals surface area contributed by atoms with Crippen LogP contribution < -0.4 is 0 Å². The second-order valence-electron chi connectivity index (χ2n) is 15.5. The number of hydrogen-bond donors (Lipinski definition) is 0. The Kier molecular flexibility index (Phi) is 43.7. The van der Waals surface area contributed by atoms with E-state index in [1.807, 2.05) is 0 Å². The zero-order valence-corrected chi connectivity index (χ0v) is 39.2. The molecule has 0 fully saturated rings. The maximum Gasteiger partial charge on any atom is 0.180 e. The molecule has 0 N–H and O–H groups in total. The Balaban J connectivity index is 4.82. The van der Waals surface area contributed by atoms with E-state index in [1.54, 1.807) is 0 Å². The molecular weight excluding hydrogens is 753 g/mol. The van der Waals surface area contributed by atoms with Crippen LogP contribution in [0.4, 0.5) is 0 Å². The Morgan fingerprint density at radius 3 is 1.39 bits per heavy atom. The molecule has 7 heteroatoms. The van der Waals surface area contributed by atoms with Crippen LogP contribution in [0.2, 0.25) is 0 Å². The molecule has 0 heterocycles. The second kappa shape index (κ2) is 42.6. The van der Waals surface area contributed by atoms with Crippen molar-refractivity contribution in [1.82, 2.24) is 0 Å². The Morgan fingerprint density at radius 1 is 0.490 bits per heavy atom. The molecule has 0 bridgehead atoms. The second-order valence-corrected chi connectivity index (χ2v) is 21.8. The Hall–Kier alpha value is 1.41. The third-order valence-electron chi connectivity index (χ3n) is 9.91. The molecule has 2 atom stereocenters. The zero-order chi connectivity index (χ0) is 37.4. The Bertz CT molecular complexity index is 657. The van der Waals surface area contributed by atoms with Crippen molar-refractivity contribution in [2.75, 3.05) is 36.8 Å². The van der Waals surface area contributed by atoms with Gasteiger partial charge in [-0.15, -0.1) is 0 Å². The standard InChI is InChI=1S/C44H91BrO3S3/c1-6-9-12-15-18-20-21-22-23-24-25-28-33-38-44(48-51(4,5)47-40-35-30-29-34-39-45)46-42-43(37-32-27-17-14-11-8-3)50-49-41-36-31-26-19-16-13-10-7-2/h43-44H,6-42H2,1-5H3. The van der Waals surface area contributed by atoms with Gasteiger partial charge in [0.05, 0.1) is 13.2 Å². The lowest BCUT2D eigenvalue weighted by atomic mass is 10.0. The molecule has 0 spiro atoms. The highest BCUT2D eigenvalue weighted by atomic mass is 79.9. The van der Waals surface area contributed by atoms with Crippen molar-refractivity contribution < 1.29 is 13.1 Å². The van der Waals surface area contributed by atoms with Crippen LogP contribution in [0, 0.1) is 0 Å². The summed E-state index contributed by atoms with van der Waals surface area (Å²) in [5.74, 6) is 1.27. The molecule has 310 valence electrons. The highest BCUT2D eigenvalue weighted by Crippen LogP contribution is 2.45. The fourth-order valence-corrected chi connectivity index (χ4v) is 10.9. The molecule has 0 radical (unpaired) electrons. The summed E-state index contributed by atoms with van der Waals surface area (Å²) in [5, 5.41) is 1.64. The first-order valence-electron chi connectivity index (χ1n) is 22.5. The summed E-state index contributed by atoms with van der Waals surface area (Å²) in [4.78, 5) is 0. The van der Waals surface area contributed by atoms with Gasteiger partial charge in [-0.05, 0) is 32.1 Å². The van der Waals surface area contributed by atoms with E-state index in [0.717, 1.165) is 31.4 Å². The number of unbranched alkanes of at least 4 members (excludes halogenated alkanes) is 27. The van der Waals surface area contributed by atoms with Crippen LogP contribution in [0.1, 0.15) is 233 Å². The molecular formula is C44H91BrO3S3. The van der Waals surface area contributed by atoms with Gasteiger partial charge in [-0.1, -0.05) is 232 Å². The molecule has 0 saturated carbocycles. The van der Waals surface area contributed by atoms with Gasteiger partial charge in [-0.2, -0.15) is 10.6 Å². The van der Waals surface area contributed by atoms with Crippen molar-refractivity contribution in [3.8, 4) is 0 Å². The molecule has 0 aliphatic heterocycles. The molecule has 0 aliphatic carbocycles. The molecule has 0 aromatic carbocycles. The summed E-state index contributed by atoms with van der Waals surface area (Å²) in [5.41, 5.74) is 0. The quantitative estimate of drug-likeness (QED) is 0.0264. The minimum Gasteiger partial charge on any atom is -0.349 e. The van der Waals surface area contributed by atoms with Gasteiger partial charge < -0.3 is 4.74 Å².